The molecule has 166 valence electrons. The van der Waals surface area contributed by atoms with Crippen molar-refractivity contribution in [2.45, 2.75) is 33.2 Å². The number of carbonyl (C=O) groups is 2. The van der Waals surface area contributed by atoms with Crippen molar-refractivity contribution in [3.05, 3.63) is 53.6 Å². The Labute approximate surface area is 183 Å². The van der Waals surface area contributed by atoms with E-state index in [1.54, 1.807) is 18.2 Å². The lowest BCUT2D eigenvalue weighted by molar-refractivity contribution is -0.120. The molecule has 2 N–H and O–H groups in total. The average molecular weight is 426 g/mol. The molecule has 3 rings (SSSR count). The van der Waals surface area contributed by atoms with Crippen molar-refractivity contribution in [2.24, 2.45) is 0 Å². The number of nitrogens with zero attached hydrogens (tertiary/aromatic N) is 1. The fourth-order valence-corrected chi connectivity index (χ4v) is 3.64. The maximum Gasteiger partial charge on any atom is 0.251 e. The summed E-state index contributed by atoms with van der Waals surface area (Å²) in [6, 6.07) is 13.1. The van der Waals surface area contributed by atoms with Crippen LogP contribution in [0.4, 0.5) is 5.69 Å². The van der Waals surface area contributed by atoms with Gasteiger partial charge in [0.1, 0.15) is 0 Å². The number of anilines is 1. The lowest BCUT2D eigenvalue weighted by atomic mass is 10.1. The quantitative estimate of drug-likeness (QED) is 0.611. The first-order chi connectivity index (χ1) is 15.1. The molecular weight excluding hydrogens is 394 g/mol. The first-order valence-corrected chi connectivity index (χ1v) is 10.9. The highest BCUT2D eigenvalue weighted by Crippen LogP contribution is 2.28. The highest BCUT2D eigenvalue weighted by molar-refractivity contribution is 5.97. The molecule has 7 nitrogen and oxygen atoms in total. The van der Waals surface area contributed by atoms with Crippen LogP contribution in [0.5, 0.6) is 11.5 Å². The second-order valence-corrected chi connectivity index (χ2v) is 7.31. The number of benzene rings is 2. The smallest absolute Gasteiger partial charge is 0.251 e. The van der Waals surface area contributed by atoms with Gasteiger partial charge >= 0.3 is 0 Å². The van der Waals surface area contributed by atoms with E-state index in [2.05, 4.69) is 21.6 Å². The number of hydrogen-bond donors (Lipinski definition) is 2. The van der Waals surface area contributed by atoms with E-state index in [9.17, 15) is 9.59 Å². The Hall–Kier alpha value is -3.22. The topological polar surface area (TPSA) is 79.9 Å². The van der Waals surface area contributed by atoms with Gasteiger partial charge in [0.2, 0.25) is 5.91 Å². The molecule has 31 heavy (non-hydrogen) atoms. The minimum absolute atomic E-state index is 0.0953. The van der Waals surface area contributed by atoms with E-state index in [-0.39, 0.29) is 18.4 Å². The summed E-state index contributed by atoms with van der Waals surface area (Å²) in [6.45, 7) is 7.16. The second kappa shape index (κ2) is 11.2. The van der Waals surface area contributed by atoms with E-state index in [4.69, 9.17) is 9.47 Å². The Balaban J connectivity index is 1.53. The number of nitrogens with one attached hydrogen (secondary N) is 2. The summed E-state index contributed by atoms with van der Waals surface area (Å²) in [4.78, 5) is 27.1. The van der Waals surface area contributed by atoms with Gasteiger partial charge in [-0.2, -0.15) is 0 Å². The van der Waals surface area contributed by atoms with Crippen LogP contribution < -0.4 is 25.0 Å². The van der Waals surface area contributed by atoms with E-state index in [1.807, 2.05) is 32.0 Å². The van der Waals surface area contributed by atoms with E-state index >= 15 is 0 Å². The number of hydrogen-bond acceptors (Lipinski definition) is 5. The third-order valence-corrected chi connectivity index (χ3v) is 5.13. The van der Waals surface area contributed by atoms with Crippen LogP contribution >= 0.6 is 0 Å². The zero-order chi connectivity index (χ0) is 22.1. The Morgan fingerprint density at radius 2 is 1.65 bits per heavy atom. The van der Waals surface area contributed by atoms with Crippen molar-refractivity contribution in [1.82, 2.24) is 10.6 Å². The summed E-state index contributed by atoms with van der Waals surface area (Å²) < 4.78 is 11.1. The molecular formula is C24H31N3O4. The highest BCUT2D eigenvalue weighted by atomic mass is 16.5. The van der Waals surface area contributed by atoms with Crippen molar-refractivity contribution >= 4 is 17.5 Å². The van der Waals surface area contributed by atoms with Crippen LogP contribution in [0.1, 0.15) is 42.6 Å². The van der Waals surface area contributed by atoms with Crippen LogP contribution in [-0.2, 0) is 11.3 Å². The third kappa shape index (κ3) is 6.13. The molecule has 0 unspecified atom stereocenters. The second-order valence-electron chi connectivity index (χ2n) is 7.31. The van der Waals surface area contributed by atoms with Gasteiger partial charge in [-0.25, -0.2) is 0 Å². The van der Waals surface area contributed by atoms with Gasteiger partial charge in [0, 0.05) is 30.9 Å². The van der Waals surface area contributed by atoms with Crippen LogP contribution in [-0.4, -0.2) is 44.7 Å². The molecule has 0 radical (unpaired) electrons. The largest absolute Gasteiger partial charge is 0.490 e. The summed E-state index contributed by atoms with van der Waals surface area (Å²) in [7, 11) is 0. The molecule has 2 amide bonds. The molecule has 1 saturated heterocycles. The summed E-state index contributed by atoms with van der Waals surface area (Å²) in [5.74, 6) is 0.535. The van der Waals surface area contributed by atoms with Gasteiger partial charge in [-0.15, -0.1) is 0 Å². The number of amides is 2. The standard InChI is InChI=1S/C24H31N3O4/c1-3-30-21-12-11-18(15-22(21)31-4-2)24(29)26-17-23(28)25-16-19-9-5-6-10-20(19)27-13-7-8-14-27/h5-6,9-12,15H,3-4,7-8,13-14,16-17H2,1-2H3,(H,25,28)(H,26,29). The Morgan fingerprint density at radius 3 is 2.39 bits per heavy atom. The SMILES string of the molecule is CCOc1ccc(C(=O)NCC(=O)NCc2ccccc2N2CCCC2)cc1OCC. The minimum Gasteiger partial charge on any atom is -0.490 e. The molecule has 0 aromatic heterocycles. The van der Waals surface area contributed by atoms with Crippen molar-refractivity contribution in [3.8, 4) is 11.5 Å². The van der Waals surface area contributed by atoms with Gasteiger partial charge in [0.25, 0.3) is 5.91 Å². The van der Waals surface area contributed by atoms with Crippen LogP contribution in [0.3, 0.4) is 0 Å². The molecule has 1 aliphatic heterocycles. The van der Waals surface area contributed by atoms with Crippen molar-refractivity contribution < 1.29 is 19.1 Å². The lowest BCUT2D eigenvalue weighted by Gasteiger charge is -2.21. The van der Waals surface area contributed by atoms with E-state index < -0.39 is 0 Å². The summed E-state index contributed by atoms with van der Waals surface area (Å²) in [5, 5.41) is 5.57. The fourth-order valence-electron chi connectivity index (χ4n) is 3.64. The van der Waals surface area contributed by atoms with Crippen molar-refractivity contribution in [1.29, 1.82) is 0 Å². The predicted molar refractivity (Wildman–Crippen MR) is 121 cm³/mol. The first-order valence-electron chi connectivity index (χ1n) is 10.9. The summed E-state index contributed by atoms with van der Waals surface area (Å²) >= 11 is 0. The average Bonchev–Trinajstić information content (AvgIpc) is 3.32. The number of ether oxygens (including phenoxy) is 2. The highest BCUT2D eigenvalue weighted by Gasteiger charge is 2.16. The van der Waals surface area contributed by atoms with Crippen LogP contribution in [0.2, 0.25) is 0 Å². The number of para-hydroxylation sites is 1. The van der Waals surface area contributed by atoms with Gasteiger partial charge < -0.3 is 25.0 Å². The summed E-state index contributed by atoms with van der Waals surface area (Å²) in [6.07, 6.45) is 2.40. The molecule has 0 aliphatic carbocycles. The molecule has 1 fully saturated rings. The van der Waals surface area contributed by atoms with Gasteiger partial charge in [-0.05, 0) is 56.5 Å². The number of carbonyl (C=O) groups excluding carboxylic acids is 2. The Kier molecular flexibility index (Phi) is 8.15. The van der Waals surface area contributed by atoms with Gasteiger partial charge in [0.15, 0.2) is 11.5 Å². The van der Waals surface area contributed by atoms with E-state index in [0.29, 0.717) is 36.8 Å². The maximum absolute atomic E-state index is 12.5. The molecule has 0 atom stereocenters. The molecule has 0 saturated carbocycles. The van der Waals surface area contributed by atoms with Gasteiger partial charge in [-0.1, -0.05) is 18.2 Å². The molecule has 2 aromatic carbocycles. The van der Waals surface area contributed by atoms with Gasteiger partial charge in [-0.3, -0.25) is 9.59 Å². The van der Waals surface area contributed by atoms with Crippen LogP contribution in [0.25, 0.3) is 0 Å². The maximum atomic E-state index is 12.5. The predicted octanol–water partition coefficient (Wildman–Crippen LogP) is 3.13. The molecule has 7 heteroatoms. The Bertz CT molecular complexity index is 894. The monoisotopic (exact) mass is 425 g/mol. The molecule has 2 aromatic rings. The molecule has 0 spiro atoms. The third-order valence-electron chi connectivity index (χ3n) is 5.13. The lowest BCUT2D eigenvalue weighted by Crippen LogP contribution is -2.36. The van der Waals surface area contributed by atoms with Crippen molar-refractivity contribution in [2.75, 3.05) is 37.7 Å². The Morgan fingerprint density at radius 1 is 0.935 bits per heavy atom. The minimum atomic E-state index is -0.336. The van der Waals surface area contributed by atoms with Crippen LogP contribution in [0, 0.1) is 0 Å². The summed E-state index contributed by atoms with van der Waals surface area (Å²) in [5.41, 5.74) is 2.67. The zero-order valence-electron chi connectivity index (χ0n) is 18.3. The number of rotatable bonds is 10. The normalized spacial score (nSPS) is 13.0. The zero-order valence-corrected chi connectivity index (χ0v) is 18.3. The first kappa shape index (κ1) is 22.5. The van der Waals surface area contributed by atoms with Gasteiger partial charge in [0.05, 0.1) is 19.8 Å². The van der Waals surface area contributed by atoms with Crippen LogP contribution in [0.15, 0.2) is 42.5 Å². The molecule has 0 bridgehead atoms. The fraction of sp³-hybridized carbons (Fsp3) is 0.417. The van der Waals surface area contributed by atoms with E-state index in [1.165, 1.54) is 18.5 Å². The van der Waals surface area contributed by atoms with E-state index in [0.717, 1.165) is 18.7 Å². The molecule has 1 heterocycles. The molecule has 1 aliphatic rings. The van der Waals surface area contributed by atoms with Crippen molar-refractivity contribution in [3.63, 3.8) is 0 Å².